The lowest BCUT2D eigenvalue weighted by Crippen LogP contribution is -2.23. The minimum Gasteiger partial charge on any atom is -0.317 e. The van der Waals surface area contributed by atoms with Crippen molar-refractivity contribution in [1.82, 2.24) is 5.32 Å². The highest BCUT2D eigenvalue weighted by Gasteiger charge is 2.17. The van der Waals surface area contributed by atoms with Crippen LogP contribution in [-0.4, -0.2) is 33.0 Å². The smallest absolute Gasteiger partial charge is 0.150 e. The predicted octanol–water partition coefficient (Wildman–Crippen LogP) is 2.62. The average Bonchev–Trinajstić information content (AvgIpc) is 2.36. The van der Waals surface area contributed by atoms with Gasteiger partial charge in [0.25, 0.3) is 0 Å². The Morgan fingerprint density at radius 3 is 2.39 bits per heavy atom. The van der Waals surface area contributed by atoms with Crippen molar-refractivity contribution in [3.63, 3.8) is 0 Å². The van der Waals surface area contributed by atoms with Crippen molar-refractivity contribution in [2.24, 2.45) is 11.8 Å². The standard InChI is InChI=1S/C14H29NO2S/c1-3-18(16,17)12-4-10-15-11-9-14-7-5-13(2)6-8-14/h13-15H,3-12H2,1-2H3. The minimum absolute atomic E-state index is 0.271. The monoisotopic (exact) mass is 275 g/mol. The molecule has 1 aliphatic carbocycles. The Hall–Kier alpha value is -0.0900. The Morgan fingerprint density at radius 2 is 1.78 bits per heavy atom. The summed E-state index contributed by atoms with van der Waals surface area (Å²) < 4.78 is 22.6. The Balaban J connectivity index is 1.96. The first-order valence-electron chi connectivity index (χ1n) is 7.44. The third-order valence-corrected chi connectivity index (χ3v) is 5.90. The van der Waals surface area contributed by atoms with E-state index in [9.17, 15) is 8.42 Å². The van der Waals surface area contributed by atoms with Gasteiger partial charge in [-0.2, -0.15) is 0 Å². The molecule has 1 rings (SSSR count). The Bertz CT molecular complexity index is 306. The van der Waals surface area contributed by atoms with Crippen molar-refractivity contribution >= 4 is 9.84 Å². The molecular formula is C14H29NO2S. The molecule has 18 heavy (non-hydrogen) atoms. The van der Waals surface area contributed by atoms with Crippen molar-refractivity contribution < 1.29 is 8.42 Å². The summed E-state index contributed by atoms with van der Waals surface area (Å²) in [5, 5.41) is 3.38. The quantitative estimate of drug-likeness (QED) is 0.693. The predicted molar refractivity (Wildman–Crippen MR) is 77.6 cm³/mol. The van der Waals surface area contributed by atoms with Crippen LogP contribution in [0.1, 0.15) is 52.4 Å². The van der Waals surface area contributed by atoms with Crippen LogP contribution in [0, 0.1) is 11.8 Å². The average molecular weight is 275 g/mol. The third kappa shape index (κ3) is 6.74. The zero-order valence-corrected chi connectivity index (χ0v) is 12.8. The molecule has 108 valence electrons. The van der Waals surface area contributed by atoms with E-state index in [0.717, 1.165) is 31.3 Å². The lowest BCUT2D eigenvalue weighted by molar-refractivity contribution is 0.275. The largest absolute Gasteiger partial charge is 0.317 e. The van der Waals surface area contributed by atoms with Crippen LogP contribution in [-0.2, 0) is 9.84 Å². The van der Waals surface area contributed by atoms with Gasteiger partial charge in [0, 0.05) is 5.75 Å². The Labute approximate surface area is 113 Å². The lowest BCUT2D eigenvalue weighted by Gasteiger charge is -2.26. The fraction of sp³-hybridized carbons (Fsp3) is 1.00. The van der Waals surface area contributed by atoms with Crippen molar-refractivity contribution in [2.45, 2.75) is 52.4 Å². The molecule has 0 aliphatic heterocycles. The summed E-state index contributed by atoms with van der Waals surface area (Å²) in [5.74, 6) is 2.42. The zero-order chi connectivity index (χ0) is 13.4. The van der Waals surface area contributed by atoms with Crippen LogP contribution in [0.15, 0.2) is 0 Å². The van der Waals surface area contributed by atoms with E-state index in [1.807, 2.05) is 0 Å². The molecule has 0 bridgehead atoms. The molecule has 0 saturated heterocycles. The second-order valence-corrected chi connectivity index (χ2v) is 8.23. The lowest BCUT2D eigenvalue weighted by atomic mass is 9.81. The van der Waals surface area contributed by atoms with Gasteiger partial charge in [0.05, 0.1) is 5.75 Å². The number of hydrogen-bond donors (Lipinski definition) is 1. The van der Waals surface area contributed by atoms with Crippen molar-refractivity contribution in [3.05, 3.63) is 0 Å². The van der Waals surface area contributed by atoms with E-state index < -0.39 is 9.84 Å². The molecule has 3 nitrogen and oxygen atoms in total. The molecule has 1 N–H and O–H groups in total. The molecule has 1 saturated carbocycles. The number of hydrogen-bond acceptors (Lipinski definition) is 3. The molecule has 0 aromatic rings. The molecule has 1 aliphatic rings. The molecule has 0 atom stereocenters. The van der Waals surface area contributed by atoms with Gasteiger partial charge in [0.1, 0.15) is 9.84 Å². The summed E-state index contributed by atoms with van der Waals surface area (Å²) in [6, 6.07) is 0. The molecule has 0 aromatic heterocycles. The van der Waals surface area contributed by atoms with Crippen LogP contribution >= 0.6 is 0 Å². The highest BCUT2D eigenvalue weighted by Crippen LogP contribution is 2.29. The fourth-order valence-electron chi connectivity index (χ4n) is 2.61. The van der Waals surface area contributed by atoms with E-state index in [0.29, 0.717) is 5.75 Å². The summed E-state index contributed by atoms with van der Waals surface area (Å²) >= 11 is 0. The van der Waals surface area contributed by atoms with E-state index in [2.05, 4.69) is 12.2 Å². The fourth-order valence-corrected chi connectivity index (χ4v) is 3.48. The second kappa shape index (κ2) is 8.16. The maximum absolute atomic E-state index is 11.3. The summed E-state index contributed by atoms with van der Waals surface area (Å²) in [6.45, 7) is 5.95. The second-order valence-electron chi connectivity index (χ2n) is 5.75. The van der Waals surface area contributed by atoms with Crippen molar-refractivity contribution in [1.29, 1.82) is 0 Å². The van der Waals surface area contributed by atoms with Crippen molar-refractivity contribution in [3.8, 4) is 0 Å². The van der Waals surface area contributed by atoms with Gasteiger partial charge >= 0.3 is 0 Å². The highest BCUT2D eigenvalue weighted by molar-refractivity contribution is 7.91. The molecule has 0 heterocycles. The van der Waals surface area contributed by atoms with Gasteiger partial charge in [-0.3, -0.25) is 0 Å². The molecule has 0 radical (unpaired) electrons. The first-order chi connectivity index (χ1) is 8.53. The highest BCUT2D eigenvalue weighted by atomic mass is 32.2. The molecule has 0 aromatic carbocycles. The number of rotatable bonds is 8. The van der Waals surface area contributed by atoms with E-state index in [1.54, 1.807) is 6.92 Å². The Kier molecular flexibility index (Phi) is 7.23. The number of nitrogens with one attached hydrogen (secondary N) is 1. The molecule has 4 heteroatoms. The SMILES string of the molecule is CCS(=O)(=O)CCCNCCC1CCC(C)CC1. The van der Waals surface area contributed by atoms with Gasteiger partial charge in [0.2, 0.25) is 0 Å². The van der Waals surface area contributed by atoms with Crippen LogP contribution in [0.4, 0.5) is 0 Å². The summed E-state index contributed by atoms with van der Waals surface area (Å²) in [4.78, 5) is 0. The summed E-state index contributed by atoms with van der Waals surface area (Å²) in [5.41, 5.74) is 0. The molecule has 1 fully saturated rings. The van der Waals surface area contributed by atoms with Crippen LogP contribution in [0.25, 0.3) is 0 Å². The Morgan fingerprint density at radius 1 is 1.11 bits per heavy atom. The van der Waals surface area contributed by atoms with E-state index in [4.69, 9.17) is 0 Å². The molecule has 0 amide bonds. The molecule has 0 unspecified atom stereocenters. The van der Waals surface area contributed by atoms with Gasteiger partial charge < -0.3 is 5.32 Å². The van der Waals surface area contributed by atoms with Crippen molar-refractivity contribution in [2.75, 3.05) is 24.6 Å². The third-order valence-electron chi connectivity index (χ3n) is 4.11. The van der Waals surface area contributed by atoms with E-state index >= 15 is 0 Å². The van der Waals surface area contributed by atoms with Crippen LogP contribution < -0.4 is 5.32 Å². The van der Waals surface area contributed by atoms with Crippen LogP contribution in [0.2, 0.25) is 0 Å². The van der Waals surface area contributed by atoms with E-state index in [1.165, 1.54) is 32.1 Å². The first kappa shape index (κ1) is 16.0. The first-order valence-corrected chi connectivity index (χ1v) is 9.26. The van der Waals surface area contributed by atoms with Crippen LogP contribution in [0.5, 0.6) is 0 Å². The zero-order valence-electron chi connectivity index (χ0n) is 12.0. The van der Waals surface area contributed by atoms with Gasteiger partial charge in [-0.25, -0.2) is 8.42 Å². The van der Waals surface area contributed by atoms with Crippen LogP contribution in [0.3, 0.4) is 0 Å². The normalized spacial score (nSPS) is 25.2. The maximum atomic E-state index is 11.3. The van der Waals surface area contributed by atoms with Gasteiger partial charge in [-0.05, 0) is 37.8 Å². The molecular weight excluding hydrogens is 246 g/mol. The van der Waals surface area contributed by atoms with Gasteiger partial charge in [-0.1, -0.05) is 39.5 Å². The van der Waals surface area contributed by atoms with Gasteiger partial charge in [0.15, 0.2) is 0 Å². The molecule has 0 spiro atoms. The summed E-state index contributed by atoms with van der Waals surface area (Å²) in [7, 11) is -2.77. The summed E-state index contributed by atoms with van der Waals surface area (Å²) in [6.07, 6.45) is 7.55. The topological polar surface area (TPSA) is 46.2 Å². The maximum Gasteiger partial charge on any atom is 0.150 e. The van der Waals surface area contributed by atoms with E-state index in [-0.39, 0.29) is 5.75 Å². The van der Waals surface area contributed by atoms with Gasteiger partial charge in [-0.15, -0.1) is 0 Å². The minimum atomic E-state index is -2.77. The number of sulfone groups is 1.